The summed E-state index contributed by atoms with van der Waals surface area (Å²) in [6.45, 7) is 4.38. The number of hydrogen-bond acceptors (Lipinski definition) is 4. The first-order chi connectivity index (χ1) is 9.04. The fourth-order valence-corrected chi connectivity index (χ4v) is 2.19. The Labute approximate surface area is 116 Å². The maximum absolute atomic E-state index is 11.5. The summed E-state index contributed by atoms with van der Waals surface area (Å²) in [5.41, 5.74) is 0. The van der Waals surface area contributed by atoms with Crippen LogP contribution in [0.3, 0.4) is 0 Å². The van der Waals surface area contributed by atoms with Gasteiger partial charge in [0.2, 0.25) is 0 Å². The molecular formula is C12H19N3O3S. The number of rotatable bonds is 7. The molecule has 2 unspecified atom stereocenters. The molecule has 0 aliphatic heterocycles. The average molecular weight is 285 g/mol. The summed E-state index contributed by atoms with van der Waals surface area (Å²) in [5.74, 6) is -1.28. The molecule has 7 heteroatoms. The normalized spacial score (nSPS) is 13.6. The van der Waals surface area contributed by atoms with E-state index in [-0.39, 0.29) is 18.5 Å². The van der Waals surface area contributed by atoms with Crippen molar-refractivity contribution in [3.05, 3.63) is 16.6 Å². The SMILES string of the molecule is CCC(CNC(=O)NCC(C)c1nccs1)C(=O)O. The van der Waals surface area contributed by atoms with E-state index in [0.29, 0.717) is 13.0 Å². The Kier molecular flexibility index (Phi) is 6.27. The molecule has 0 saturated heterocycles. The van der Waals surface area contributed by atoms with E-state index in [1.807, 2.05) is 12.3 Å². The lowest BCUT2D eigenvalue weighted by Crippen LogP contribution is -2.41. The van der Waals surface area contributed by atoms with Gasteiger partial charge in [0.05, 0.1) is 10.9 Å². The van der Waals surface area contributed by atoms with Crippen LogP contribution in [0.2, 0.25) is 0 Å². The van der Waals surface area contributed by atoms with E-state index >= 15 is 0 Å². The van der Waals surface area contributed by atoms with Crippen molar-refractivity contribution in [3.63, 3.8) is 0 Å². The molecule has 0 fully saturated rings. The smallest absolute Gasteiger partial charge is 0.314 e. The summed E-state index contributed by atoms with van der Waals surface area (Å²) < 4.78 is 0. The molecule has 0 bridgehead atoms. The van der Waals surface area contributed by atoms with Gasteiger partial charge < -0.3 is 15.7 Å². The number of aromatic nitrogens is 1. The topological polar surface area (TPSA) is 91.3 Å². The van der Waals surface area contributed by atoms with Crippen molar-refractivity contribution in [1.82, 2.24) is 15.6 Å². The second kappa shape index (κ2) is 7.73. The summed E-state index contributed by atoms with van der Waals surface area (Å²) in [6.07, 6.45) is 2.22. The maximum Gasteiger partial charge on any atom is 0.314 e. The molecule has 0 spiro atoms. The van der Waals surface area contributed by atoms with Crippen molar-refractivity contribution in [2.45, 2.75) is 26.2 Å². The highest BCUT2D eigenvalue weighted by Gasteiger charge is 2.16. The first-order valence-corrected chi connectivity index (χ1v) is 7.06. The van der Waals surface area contributed by atoms with Crippen LogP contribution in [0.5, 0.6) is 0 Å². The van der Waals surface area contributed by atoms with E-state index in [4.69, 9.17) is 5.11 Å². The van der Waals surface area contributed by atoms with Gasteiger partial charge in [-0.2, -0.15) is 0 Å². The fourth-order valence-electron chi connectivity index (χ4n) is 1.50. The Morgan fingerprint density at radius 1 is 1.42 bits per heavy atom. The van der Waals surface area contributed by atoms with Crippen molar-refractivity contribution in [3.8, 4) is 0 Å². The minimum Gasteiger partial charge on any atom is -0.481 e. The van der Waals surface area contributed by atoms with Crippen molar-refractivity contribution in [1.29, 1.82) is 0 Å². The summed E-state index contributed by atoms with van der Waals surface area (Å²) >= 11 is 1.55. The van der Waals surface area contributed by atoms with Gasteiger partial charge in [0, 0.05) is 30.6 Å². The highest BCUT2D eigenvalue weighted by Crippen LogP contribution is 2.16. The van der Waals surface area contributed by atoms with Crippen LogP contribution in [0.1, 0.15) is 31.2 Å². The molecule has 19 heavy (non-hydrogen) atoms. The molecule has 1 rings (SSSR count). The van der Waals surface area contributed by atoms with Crippen molar-refractivity contribution < 1.29 is 14.7 Å². The number of carboxylic acid groups (broad SMARTS) is 1. The quantitative estimate of drug-likeness (QED) is 0.710. The molecule has 1 aromatic rings. The summed E-state index contributed by atoms with van der Waals surface area (Å²) in [5, 5.41) is 17.0. The van der Waals surface area contributed by atoms with Gasteiger partial charge in [0.25, 0.3) is 0 Å². The van der Waals surface area contributed by atoms with Gasteiger partial charge in [0.15, 0.2) is 0 Å². The zero-order chi connectivity index (χ0) is 14.3. The predicted molar refractivity (Wildman–Crippen MR) is 73.3 cm³/mol. The molecule has 1 aromatic heterocycles. The molecule has 106 valence electrons. The number of carboxylic acids is 1. The first kappa shape index (κ1) is 15.4. The predicted octanol–water partition coefficient (Wildman–Crippen LogP) is 1.66. The molecule has 6 nitrogen and oxygen atoms in total. The number of nitrogens with one attached hydrogen (secondary N) is 2. The van der Waals surface area contributed by atoms with Crippen LogP contribution in [0.25, 0.3) is 0 Å². The van der Waals surface area contributed by atoms with Gasteiger partial charge in [-0.1, -0.05) is 13.8 Å². The number of carbonyl (C=O) groups excluding carboxylic acids is 1. The number of aliphatic carboxylic acids is 1. The fraction of sp³-hybridized carbons (Fsp3) is 0.583. The highest BCUT2D eigenvalue weighted by atomic mass is 32.1. The number of carbonyl (C=O) groups is 2. The van der Waals surface area contributed by atoms with E-state index in [1.54, 1.807) is 24.5 Å². The van der Waals surface area contributed by atoms with Crippen molar-refractivity contribution in [2.75, 3.05) is 13.1 Å². The first-order valence-electron chi connectivity index (χ1n) is 6.18. The van der Waals surface area contributed by atoms with Gasteiger partial charge in [-0.05, 0) is 6.42 Å². The van der Waals surface area contributed by atoms with Gasteiger partial charge in [0.1, 0.15) is 0 Å². The molecule has 0 aliphatic rings. The number of thiazole rings is 1. The lowest BCUT2D eigenvalue weighted by molar-refractivity contribution is -0.141. The minimum absolute atomic E-state index is 0.142. The Hall–Kier alpha value is -1.63. The molecular weight excluding hydrogens is 266 g/mol. The van der Waals surface area contributed by atoms with Crippen LogP contribution in [0.15, 0.2) is 11.6 Å². The largest absolute Gasteiger partial charge is 0.481 e. The lowest BCUT2D eigenvalue weighted by atomic mass is 10.1. The third-order valence-corrected chi connectivity index (χ3v) is 3.80. The molecule has 0 saturated carbocycles. The molecule has 0 aromatic carbocycles. The highest BCUT2D eigenvalue weighted by molar-refractivity contribution is 7.09. The van der Waals surface area contributed by atoms with Crippen LogP contribution in [0.4, 0.5) is 4.79 Å². The van der Waals surface area contributed by atoms with Crippen molar-refractivity contribution in [2.24, 2.45) is 5.92 Å². The van der Waals surface area contributed by atoms with E-state index in [9.17, 15) is 9.59 Å². The maximum atomic E-state index is 11.5. The Bertz CT molecular complexity index is 408. The molecule has 0 aliphatic carbocycles. The summed E-state index contributed by atoms with van der Waals surface area (Å²) in [6, 6.07) is -0.344. The van der Waals surface area contributed by atoms with Crippen LogP contribution >= 0.6 is 11.3 Å². The standard InChI is InChI=1S/C12H19N3O3S/c1-3-9(11(16)17)7-15-12(18)14-6-8(2)10-13-4-5-19-10/h4-5,8-9H,3,6-7H2,1-2H3,(H,16,17)(H2,14,15,18). The summed E-state index contributed by atoms with van der Waals surface area (Å²) in [7, 11) is 0. The molecule has 3 N–H and O–H groups in total. The van der Waals surface area contributed by atoms with Crippen LogP contribution < -0.4 is 10.6 Å². The summed E-state index contributed by atoms with van der Waals surface area (Å²) in [4.78, 5) is 26.5. The number of amides is 2. The average Bonchev–Trinajstić information content (AvgIpc) is 2.90. The zero-order valence-electron chi connectivity index (χ0n) is 11.0. The molecule has 2 amide bonds. The number of urea groups is 1. The van der Waals surface area contributed by atoms with Gasteiger partial charge in [-0.25, -0.2) is 9.78 Å². The lowest BCUT2D eigenvalue weighted by Gasteiger charge is -2.13. The van der Waals surface area contributed by atoms with Crippen LogP contribution in [-0.2, 0) is 4.79 Å². The Morgan fingerprint density at radius 2 is 2.11 bits per heavy atom. The van der Waals surface area contributed by atoms with Gasteiger partial charge in [-0.15, -0.1) is 11.3 Å². The van der Waals surface area contributed by atoms with E-state index in [2.05, 4.69) is 15.6 Å². The Morgan fingerprint density at radius 3 is 2.63 bits per heavy atom. The second-order valence-corrected chi connectivity index (χ2v) is 5.23. The third kappa shape index (κ3) is 5.25. The van der Waals surface area contributed by atoms with Gasteiger partial charge in [-0.3, -0.25) is 4.79 Å². The number of hydrogen-bond donors (Lipinski definition) is 3. The second-order valence-electron chi connectivity index (χ2n) is 4.31. The van der Waals surface area contributed by atoms with E-state index in [1.165, 1.54) is 0 Å². The minimum atomic E-state index is -0.890. The van der Waals surface area contributed by atoms with Crippen LogP contribution in [0, 0.1) is 5.92 Å². The van der Waals surface area contributed by atoms with E-state index < -0.39 is 11.9 Å². The van der Waals surface area contributed by atoms with Crippen molar-refractivity contribution >= 4 is 23.3 Å². The number of nitrogens with zero attached hydrogens (tertiary/aromatic N) is 1. The van der Waals surface area contributed by atoms with E-state index in [0.717, 1.165) is 5.01 Å². The molecule has 2 atom stereocenters. The zero-order valence-corrected chi connectivity index (χ0v) is 11.9. The molecule has 1 heterocycles. The Balaban J connectivity index is 2.26. The van der Waals surface area contributed by atoms with Gasteiger partial charge >= 0.3 is 12.0 Å². The third-order valence-electron chi connectivity index (χ3n) is 2.79. The molecule has 0 radical (unpaired) electrons. The monoisotopic (exact) mass is 285 g/mol. The van der Waals surface area contributed by atoms with Crippen LogP contribution in [-0.4, -0.2) is 35.2 Å².